The Balaban J connectivity index is 1.77. The number of anilines is 1. The molecule has 0 atom stereocenters. The smallest absolute Gasteiger partial charge is 0.228 e. The SMILES string of the molecule is Cc1ccc(CC(=O)Nc2cccc(-n3cnnn3)c2C)cc1C. The first-order chi connectivity index (χ1) is 11.5. The van der Waals surface area contributed by atoms with Gasteiger partial charge in [0.1, 0.15) is 6.33 Å². The molecule has 0 bridgehead atoms. The van der Waals surface area contributed by atoms with Crippen molar-refractivity contribution >= 4 is 11.6 Å². The molecule has 1 amide bonds. The number of rotatable bonds is 4. The fraction of sp³-hybridized carbons (Fsp3) is 0.222. The summed E-state index contributed by atoms with van der Waals surface area (Å²) in [4.78, 5) is 12.4. The number of carbonyl (C=O) groups excluding carboxylic acids is 1. The summed E-state index contributed by atoms with van der Waals surface area (Å²) in [6.45, 7) is 6.05. The molecule has 3 aromatic rings. The zero-order valence-corrected chi connectivity index (χ0v) is 13.9. The minimum Gasteiger partial charge on any atom is -0.325 e. The first kappa shape index (κ1) is 15.9. The van der Waals surface area contributed by atoms with Crippen LogP contribution in [-0.4, -0.2) is 26.1 Å². The zero-order chi connectivity index (χ0) is 17.1. The highest BCUT2D eigenvalue weighted by Crippen LogP contribution is 2.21. The average Bonchev–Trinajstić information content (AvgIpc) is 3.07. The Morgan fingerprint density at radius 3 is 2.67 bits per heavy atom. The van der Waals surface area contributed by atoms with Gasteiger partial charge in [0.15, 0.2) is 0 Å². The first-order valence-corrected chi connectivity index (χ1v) is 7.73. The molecule has 0 unspecified atom stereocenters. The highest BCUT2D eigenvalue weighted by molar-refractivity contribution is 5.93. The van der Waals surface area contributed by atoms with Gasteiger partial charge in [-0.05, 0) is 65.6 Å². The lowest BCUT2D eigenvalue weighted by Crippen LogP contribution is -2.16. The van der Waals surface area contributed by atoms with Crippen molar-refractivity contribution in [1.82, 2.24) is 20.2 Å². The van der Waals surface area contributed by atoms with Crippen molar-refractivity contribution < 1.29 is 4.79 Å². The lowest BCUT2D eigenvalue weighted by molar-refractivity contribution is -0.115. The third-order valence-electron chi connectivity index (χ3n) is 4.11. The molecule has 3 rings (SSSR count). The van der Waals surface area contributed by atoms with Gasteiger partial charge in [-0.1, -0.05) is 24.3 Å². The maximum atomic E-state index is 12.4. The highest BCUT2D eigenvalue weighted by Gasteiger charge is 2.10. The molecule has 0 saturated carbocycles. The topological polar surface area (TPSA) is 72.7 Å². The Labute approximate surface area is 140 Å². The molecule has 0 aliphatic heterocycles. The number of nitrogens with one attached hydrogen (secondary N) is 1. The van der Waals surface area contributed by atoms with Crippen molar-refractivity contribution in [3.05, 3.63) is 65.0 Å². The van der Waals surface area contributed by atoms with Crippen LogP contribution in [0.3, 0.4) is 0 Å². The summed E-state index contributed by atoms with van der Waals surface area (Å²) in [5.41, 5.74) is 5.94. The number of tetrazole rings is 1. The summed E-state index contributed by atoms with van der Waals surface area (Å²) >= 11 is 0. The van der Waals surface area contributed by atoms with Crippen molar-refractivity contribution in [1.29, 1.82) is 0 Å². The number of carbonyl (C=O) groups is 1. The number of aryl methyl sites for hydroxylation is 2. The van der Waals surface area contributed by atoms with Crippen molar-refractivity contribution in [3.8, 4) is 5.69 Å². The van der Waals surface area contributed by atoms with Crippen LogP contribution < -0.4 is 5.32 Å². The minimum atomic E-state index is -0.0461. The van der Waals surface area contributed by atoms with Crippen LogP contribution >= 0.6 is 0 Å². The van der Waals surface area contributed by atoms with E-state index in [2.05, 4.69) is 40.8 Å². The molecule has 0 aliphatic rings. The molecule has 0 fully saturated rings. The van der Waals surface area contributed by atoms with E-state index in [9.17, 15) is 4.79 Å². The Bertz CT molecular complexity index is 871. The second-order valence-electron chi connectivity index (χ2n) is 5.85. The van der Waals surface area contributed by atoms with E-state index in [-0.39, 0.29) is 5.91 Å². The third-order valence-corrected chi connectivity index (χ3v) is 4.11. The summed E-state index contributed by atoms with van der Waals surface area (Å²) < 4.78 is 1.58. The van der Waals surface area contributed by atoms with E-state index < -0.39 is 0 Å². The van der Waals surface area contributed by atoms with Crippen molar-refractivity contribution in [2.24, 2.45) is 0 Å². The van der Waals surface area contributed by atoms with Crippen molar-refractivity contribution in [2.75, 3.05) is 5.32 Å². The second kappa shape index (κ2) is 6.62. The van der Waals surface area contributed by atoms with E-state index in [1.165, 1.54) is 17.5 Å². The van der Waals surface area contributed by atoms with Gasteiger partial charge >= 0.3 is 0 Å². The van der Waals surface area contributed by atoms with Crippen LogP contribution in [0.4, 0.5) is 5.69 Å². The number of aromatic nitrogens is 4. The lowest BCUT2D eigenvalue weighted by atomic mass is 10.0. The van der Waals surface area contributed by atoms with Crippen LogP contribution in [0.2, 0.25) is 0 Å². The maximum absolute atomic E-state index is 12.4. The van der Waals surface area contributed by atoms with Gasteiger partial charge in [0.05, 0.1) is 12.1 Å². The zero-order valence-electron chi connectivity index (χ0n) is 13.9. The summed E-state index contributed by atoms with van der Waals surface area (Å²) in [6.07, 6.45) is 1.87. The van der Waals surface area contributed by atoms with E-state index in [0.717, 1.165) is 22.5 Å². The Morgan fingerprint density at radius 2 is 1.96 bits per heavy atom. The van der Waals surface area contributed by atoms with Gasteiger partial charge in [0.2, 0.25) is 5.91 Å². The minimum absolute atomic E-state index is 0.0461. The molecule has 0 radical (unpaired) electrons. The predicted octanol–water partition coefficient (Wildman–Crippen LogP) is 2.77. The monoisotopic (exact) mass is 321 g/mol. The largest absolute Gasteiger partial charge is 0.325 e. The molecule has 24 heavy (non-hydrogen) atoms. The van der Waals surface area contributed by atoms with Crippen LogP contribution in [0.15, 0.2) is 42.7 Å². The molecule has 0 spiro atoms. The standard InChI is InChI=1S/C18H19N5O/c1-12-7-8-15(9-13(12)2)10-18(24)20-16-5-4-6-17(14(16)3)23-11-19-21-22-23/h4-9,11H,10H2,1-3H3,(H,20,24). The van der Waals surface area contributed by atoms with E-state index in [1.54, 1.807) is 4.68 Å². The van der Waals surface area contributed by atoms with Crippen LogP contribution in [0.25, 0.3) is 5.69 Å². The van der Waals surface area contributed by atoms with Gasteiger partial charge in [-0.15, -0.1) is 5.10 Å². The number of hydrogen-bond donors (Lipinski definition) is 1. The molecule has 1 aromatic heterocycles. The molecule has 6 nitrogen and oxygen atoms in total. The number of hydrogen-bond acceptors (Lipinski definition) is 4. The predicted molar refractivity (Wildman–Crippen MR) is 92.1 cm³/mol. The van der Waals surface area contributed by atoms with Gasteiger partial charge < -0.3 is 5.32 Å². The van der Waals surface area contributed by atoms with E-state index in [0.29, 0.717) is 6.42 Å². The van der Waals surface area contributed by atoms with E-state index in [1.807, 2.05) is 37.3 Å². The molecule has 6 heteroatoms. The average molecular weight is 321 g/mol. The molecule has 2 aromatic carbocycles. The lowest BCUT2D eigenvalue weighted by Gasteiger charge is -2.12. The van der Waals surface area contributed by atoms with E-state index in [4.69, 9.17) is 0 Å². The maximum Gasteiger partial charge on any atom is 0.228 e. The number of amides is 1. The normalized spacial score (nSPS) is 10.6. The van der Waals surface area contributed by atoms with Crippen LogP contribution in [0.5, 0.6) is 0 Å². The van der Waals surface area contributed by atoms with E-state index >= 15 is 0 Å². The Kier molecular flexibility index (Phi) is 4.37. The third kappa shape index (κ3) is 3.32. The van der Waals surface area contributed by atoms with Crippen LogP contribution in [0.1, 0.15) is 22.3 Å². The van der Waals surface area contributed by atoms with Crippen molar-refractivity contribution in [3.63, 3.8) is 0 Å². The second-order valence-corrected chi connectivity index (χ2v) is 5.85. The van der Waals surface area contributed by atoms with Gasteiger partial charge in [-0.25, -0.2) is 4.68 Å². The van der Waals surface area contributed by atoms with Gasteiger partial charge in [0, 0.05) is 5.69 Å². The summed E-state index contributed by atoms with van der Waals surface area (Å²) in [5.74, 6) is -0.0461. The molecule has 0 aliphatic carbocycles. The summed E-state index contributed by atoms with van der Waals surface area (Å²) in [7, 11) is 0. The molecule has 0 saturated heterocycles. The molecular weight excluding hydrogens is 302 g/mol. The Morgan fingerprint density at radius 1 is 1.12 bits per heavy atom. The van der Waals surface area contributed by atoms with Gasteiger partial charge in [-0.2, -0.15) is 0 Å². The molecular formula is C18H19N5O. The quantitative estimate of drug-likeness (QED) is 0.802. The highest BCUT2D eigenvalue weighted by atomic mass is 16.1. The Hall–Kier alpha value is -3.02. The summed E-state index contributed by atoms with van der Waals surface area (Å²) in [6, 6.07) is 11.7. The van der Waals surface area contributed by atoms with Gasteiger partial charge in [-0.3, -0.25) is 4.79 Å². The fourth-order valence-electron chi connectivity index (χ4n) is 2.57. The van der Waals surface area contributed by atoms with Crippen LogP contribution in [-0.2, 0) is 11.2 Å². The van der Waals surface area contributed by atoms with Crippen molar-refractivity contribution in [2.45, 2.75) is 27.2 Å². The van der Waals surface area contributed by atoms with Crippen LogP contribution in [0, 0.1) is 20.8 Å². The summed E-state index contributed by atoms with van der Waals surface area (Å²) in [5, 5.41) is 14.2. The number of nitrogens with zero attached hydrogens (tertiary/aromatic N) is 4. The molecule has 1 N–H and O–H groups in total. The fourth-order valence-corrected chi connectivity index (χ4v) is 2.57. The van der Waals surface area contributed by atoms with Gasteiger partial charge in [0.25, 0.3) is 0 Å². The molecule has 122 valence electrons. The number of benzene rings is 2. The first-order valence-electron chi connectivity index (χ1n) is 7.73. The molecule has 1 heterocycles.